The molecule has 0 bridgehead atoms. The first-order chi connectivity index (χ1) is 9.24. The van der Waals surface area contributed by atoms with Gasteiger partial charge in [-0.15, -0.1) is 0 Å². The van der Waals surface area contributed by atoms with E-state index in [9.17, 15) is 0 Å². The molecular weight excluding hydrogens is 238 g/mol. The second kappa shape index (κ2) is 5.51. The highest BCUT2D eigenvalue weighted by Gasteiger charge is 2.24. The van der Waals surface area contributed by atoms with Gasteiger partial charge in [0.1, 0.15) is 5.75 Å². The Morgan fingerprint density at radius 1 is 1.37 bits per heavy atom. The van der Waals surface area contributed by atoms with Gasteiger partial charge in [-0.1, -0.05) is 12.1 Å². The van der Waals surface area contributed by atoms with E-state index in [1.54, 1.807) is 0 Å². The number of rotatable bonds is 4. The first-order valence-electron chi connectivity index (χ1n) is 7.34. The van der Waals surface area contributed by atoms with Crippen LogP contribution in [0.2, 0.25) is 0 Å². The van der Waals surface area contributed by atoms with Crippen molar-refractivity contribution in [3.63, 3.8) is 0 Å². The van der Waals surface area contributed by atoms with Crippen LogP contribution in [0.1, 0.15) is 37.4 Å². The van der Waals surface area contributed by atoms with Gasteiger partial charge in [0, 0.05) is 25.6 Å². The molecule has 1 saturated heterocycles. The van der Waals surface area contributed by atoms with Crippen molar-refractivity contribution in [2.45, 2.75) is 38.8 Å². The van der Waals surface area contributed by atoms with E-state index in [1.165, 1.54) is 17.5 Å². The van der Waals surface area contributed by atoms with E-state index in [0.717, 1.165) is 31.9 Å². The SMILES string of the molecule is CC(NCC1CCOC1C)c1ccc2c(c1)CCO2. The first-order valence-corrected chi connectivity index (χ1v) is 7.34. The van der Waals surface area contributed by atoms with Gasteiger partial charge in [0.2, 0.25) is 0 Å². The maximum atomic E-state index is 5.61. The highest BCUT2D eigenvalue weighted by molar-refractivity contribution is 5.40. The van der Waals surface area contributed by atoms with E-state index in [2.05, 4.69) is 37.4 Å². The lowest BCUT2D eigenvalue weighted by molar-refractivity contribution is 0.105. The zero-order valence-electron chi connectivity index (χ0n) is 11.8. The molecule has 3 nitrogen and oxygen atoms in total. The standard InChI is InChI=1S/C16H23NO2/c1-11(17-10-15-6-7-18-12(15)2)13-3-4-16-14(9-13)5-8-19-16/h3-4,9,11-12,15,17H,5-8,10H2,1-2H3. The molecular formula is C16H23NO2. The van der Waals surface area contributed by atoms with Gasteiger partial charge in [-0.25, -0.2) is 0 Å². The Balaban J connectivity index is 1.59. The third kappa shape index (κ3) is 2.77. The summed E-state index contributed by atoms with van der Waals surface area (Å²) >= 11 is 0. The van der Waals surface area contributed by atoms with Crippen LogP contribution in [-0.2, 0) is 11.2 Å². The monoisotopic (exact) mass is 261 g/mol. The molecule has 1 fully saturated rings. The number of nitrogens with one attached hydrogen (secondary N) is 1. The summed E-state index contributed by atoms with van der Waals surface area (Å²) in [4.78, 5) is 0. The van der Waals surface area contributed by atoms with E-state index in [1.807, 2.05) is 0 Å². The lowest BCUT2D eigenvalue weighted by atomic mass is 10.0. The van der Waals surface area contributed by atoms with Gasteiger partial charge in [0.05, 0.1) is 12.7 Å². The third-order valence-electron chi connectivity index (χ3n) is 4.43. The van der Waals surface area contributed by atoms with Crippen LogP contribution in [0.3, 0.4) is 0 Å². The number of hydrogen-bond acceptors (Lipinski definition) is 3. The molecule has 2 heterocycles. The fourth-order valence-corrected chi connectivity index (χ4v) is 2.97. The van der Waals surface area contributed by atoms with Crippen molar-refractivity contribution < 1.29 is 9.47 Å². The summed E-state index contributed by atoms with van der Waals surface area (Å²) in [6, 6.07) is 6.96. The molecule has 0 aliphatic carbocycles. The Morgan fingerprint density at radius 2 is 2.26 bits per heavy atom. The van der Waals surface area contributed by atoms with Crippen LogP contribution in [0.5, 0.6) is 5.75 Å². The zero-order chi connectivity index (χ0) is 13.2. The summed E-state index contributed by atoms with van der Waals surface area (Å²) in [5, 5.41) is 3.64. The van der Waals surface area contributed by atoms with Crippen LogP contribution in [0.25, 0.3) is 0 Å². The molecule has 0 amide bonds. The fourth-order valence-electron chi connectivity index (χ4n) is 2.97. The molecule has 3 unspecified atom stereocenters. The van der Waals surface area contributed by atoms with E-state index in [0.29, 0.717) is 18.1 Å². The topological polar surface area (TPSA) is 30.5 Å². The quantitative estimate of drug-likeness (QED) is 0.904. The van der Waals surface area contributed by atoms with E-state index in [4.69, 9.17) is 9.47 Å². The Kier molecular flexibility index (Phi) is 3.76. The molecule has 104 valence electrons. The van der Waals surface area contributed by atoms with Crippen molar-refractivity contribution in [1.82, 2.24) is 5.32 Å². The molecule has 2 aliphatic rings. The first kappa shape index (κ1) is 12.9. The van der Waals surface area contributed by atoms with Crippen LogP contribution >= 0.6 is 0 Å². The summed E-state index contributed by atoms with van der Waals surface area (Å²) in [5.74, 6) is 1.72. The molecule has 0 saturated carbocycles. The largest absolute Gasteiger partial charge is 0.493 e. The van der Waals surface area contributed by atoms with Gasteiger partial charge in [0.25, 0.3) is 0 Å². The molecule has 3 rings (SSSR count). The minimum absolute atomic E-state index is 0.388. The third-order valence-corrected chi connectivity index (χ3v) is 4.43. The Morgan fingerprint density at radius 3 is 3.05 bits per heavy atom. The van der Waals surface area contributed by atoms with Crippen molar-refractivity contribution >= 4 is 0 Å². The summed E-state index contributed by atoms with van der Waals surface area (Å²) in [7, 11) is 0. The molecule has 0 spiro atoms. The second-order valence-corrected chi connectivity index (χ2v) is 5.72. The van der Waals surface area contributed by atoms with Gasteiger partial charge in [-0.2, -0.15) is 0 Å². The van der Waals surface area contributed by atoms with Crippen molar-refractivity contribution in [2.75, 3.05) is 19.8 Å². The molecule has 0 radical (unpaired) electrons. The number of ether oxygens (including phenoxy) is 2. The summed E-state index contributed by atoms with van der Waals surface area (Å²) in [6.45, 7) is 7.19. The smallest absolute Gasteiger partial charge is 0.122 e. The van der Waals surface area contributed by atoms with Gasteiger partial charge in [-0.3, -0.25) is 0 Å². The van der Waals surface area contributed by atoms with Crippen LogP contribution in [-0.4, -0.2) is 25.9 Å². The lowest BCUT2D eigenvalue weighted by Gasteiger charge is -2.20. The minimum atomic E-state index is 0.388. The van der Waals surface area contributed by atoms with Crippen molar-refractivity contribution in [3.8, 4) is 5.75 Å². The predicted molar refractivity (Wildman–Crippen MR) is 75.6 cm³/mol. The number of fused-ring (bicyclic) bond motifs is 1. The minimum Gasteiger partial charge on any atom is -0.493 e. The normalized spacial score (nSPS) is 27.1. The Labute approximate surface area is 115 Å². The molecule has 2 aliphatic heterocycles. The fraction of sp³-hybridized carbons (Fsp3) is 0.625. The van der Waals surface area contributed by atoms with Crippen molar-refractivity contribution in [1.29, 1.82) is 0 Å². The summed E-state index contributed by atoms with van der Waals surface area (Å²) < 4.78 is 11.2. The second-order valence-electron chi connectivity index (χ2n) is 5.72. The van der Waals surface area contributed by atoms with E-state index >= 15 is 0 Å². The van der Waals surface area contributed by atoms with Gasteiger partial charge in [-0.05, 0) is 43.4 Å². The molecule has 3 atom stereocenters. The van der Waals surface area contributed by atoms with E-state index < -0.39 is 0 Å². The predicted octanol–water partition coefficient (Wildman–Crippen LogP) is 2.70. The highest BCUT2D eigenvalue weighted by atomic mass is 16.5. The summed E-state index contributed by atoms with van der Waals surface area (Å²) in [6.07, 6.45) is 2.62. The van der Waals surface area contributed by atoms with Gasteiger partial charge in [0.15, 0.2) is 0 Å². The zero-order valence-corrected chi connectivity index (χ0v) is 11.8. The molecule has 1 aromatic carbocycles. The summed E-state index contributed by atoms with van der Waals surface area (Å²) in [5.41, 5.74) is 2.71. The maximum absolute atomic E-state index is 5.61. The molecule has 3 heteroatoms. The molecule has 1 aromatic rings. The van der Waals surface area contributed by atoms with E-state index in [-0.39, 0.29) is 0 Å². The van der Waals surface area contributed by atoms with Gasteiger partial charge < -0.3 is 14.8 Å². The van der Waals surface area contributed by atoms with Crippen molar-refractivity contribution in [2.24, 2.45) is 5.92 Å². The Bertz CT molecular complexity index is 446. The number of hydrogen-bond donors (Lipinski definition) is 1. The highest BCUT2D eigenvalue weighted by Crippen LogP contribution is 2.28. The Hall–Kier alpha value is -1.06. The van der Waals surface area contributed by atoms with Crippen LogP contribution in [0, 0.1) is 5.92 Å². The van der Waals surface area contributed by atoms with Crippen molar-refractivity contribution in [3.05, 3.63) is 29.3 Å². The van der Waals surface area contributed by atoms with Crippen LogP contribution in [0.15, 0.2) is 18.2 Å². The van der Waals surface area contributed by atoms with Crippen LogP contribution in [0.4, 0.5) is 0 Å². The number of benzene rings is 1. The maximum Gasteiger partial charge on any atom is 0.122 e. The average Bonchev–Trinajstić information content (AvgIpc) is 3.03. The molecule has 0 aromatic heterocycles. The van der Waals surface area contributed by atoms with Gasteiger partial charge >= 0.3 is 0 Å². The average molecular weight is 261 g/mol. The molecule has 1 N–H and O–H groups in total. The molecule has 19 heavy (non-hydrogen) atoms. The lowest BCUT2D eigenvalue weighted by Crippen LogP contribution is -2.29. The van der Waals surface area contributed by atoms with Crippen LogP contribution < -0.4 is 10.1 Å².